The predicted molar refractivity (Wildman–Crippen MR) is 68.5 cm³/mol. The number of benzene rings is 1. The maximum absolute atomic E-state index is 12.0. The largest absolute Gasteiger partial charge is 0.481 e. The summed E-state index contributed by atoms with van der Waals surface area (Å²) in [5.74, 6) is -1.13. The number of rotatable bonds is 3. The van der Waals surface area contributed by atoms with Gasteiger partial charge in [0, 0.05) is 13.0 Å². The molecule has 0 aliphatic carbocycles. The van der Waals surface area contributed by atoms with Gasteiger partial charge in [-0.1, -0.05) is 6.07 Å². The SMILES string of the molecule is Cc1cc(N)c2c(c1)CCN2C(=O)CCC(=O)O. The van der Waals surface area contributed by atoms with Gasteiger partial charge >= 0.3 is 5.97 Å². The quantitative estimate of drug-likeness (QED) is 0.790. The second-order valence-corrected chi connectivity index (χ2v) is 4.55. The molecule has 0 spiro atoms. The van der Waals surface area contributed by atoms with E-state index in [1.54, 1.807) is 4.90 Å². The van der Waals surface area contributed by atoms with Gasteiger partial charge in [-0.15, -0.1) is 0 Å². The van der Waals surface area contributed by atoms with Crippen LogP contribution in [0.5, 0.6) is 0 Å². The average molecular weight is 248 g/mol. The number of hydrogen-bond donors (Lipinski definition) is 2. The Morgan fingerprint density at radius 3 is 2.78 bits per heavy atom. The van der Waals surface area contributed by atoms with Gasteiger partial charge in [-0.05, 0) is 30.5 Å². The lowest BCUT2D eigenvalue weighted by Gasteiger charge is -2.19. The van der Waals surface area contributed by atoms with Crippen molar-refractivity contribution in [1.29, 1.82) is 0 Å². The van der Waals surface area contributed by atoms with Gasteiger partial charge in [-0.2, -0.15) is 0 Å². The van der Waals surface area contributed by atoms with Crippen LogP contribution in [-0.2, 0) is 16.0 Å². The average Bonchev–Trinajstić information content (AvgIpc) is 2.69. The molecular weight excluding hydrogens is 232 g/mol. The molecule has 5 nitrogen and oxygen atoms in total. The zero-order valence-corrected chi connectivity index (χ0v) is 10.3. The Morgan fingerprint density at radius 2 is 2.11 bits per heavy atom. The van der Waals surface area contributed by atoms with Crippen molar-refractivity contribution < 1.29 is 14.7 Å². The van der Waals surface area contributed by atoms with Crippen molar-refractivity contribution in [3.63, 3.8) is 0 Å². The summed E-state index contributed by atoms with van der Waals surface area (Å²) in [5, 5.41) is 8.60. The van der Waals surface area contributed by atoms with Crippen molar-refractivity contribution in [2.24, 2.45) is 0 Å². The Morgan fingerprint density at radius 1 is 1.39 bits per heavy atom. The lowest BCUT2D eigenvalue weighted by atomic mass is 10.1. The number of hydrogen-bond acceptors (Lipinski definition) is 3. The van der Waals surface area contributed by atoms with E-state index in [1.165, 1.54) is 0 Å². The van der Waals surface area contributed by atoms with Gasteiger partial charge in [0.25, 0.3) is 0 Å². The highest BCUT2D eigenvalue weighted by Gasteiger charge is 2.26. The first-order valence-corrected chi connectivity index (χ1v) is 5.90. The van der Waals surface area contributed by atoms with Crippen LogP contribution in [0.3, 0.4) is 0 Å². The molecule has 1 heterocycles. The number of amides is 1. The van der Waals surface area contributed by atoms with Gasteiger partial charge in [0.15, 0.2) is 0 Å². The van der Waals surface area contributed by atoms with E-state index in [0.717, 1.165) is 23.2 Å². The summed E-state index contributed by atoms with van der Waals surface area (Å²) in [4.78, 5) is 24.0. The summed E-state index contributed by atoms with van der Waals surface area (Å²) in [5.41, 5.74) is 9.44. The second kappa shape index (κ2) is 4.68. The van der Waals surface area contributed by atoms with Crippen LogP contribution in [0.4, 0.5) is 11.4 Å². The number of aryl methyl sites for hydroxylation is 1. The van der Waals surface area contributed by atoms with E-state index >= 15 is 0 Å². The van der Waals surface area contributed by atoms with E-state index in [9.17, 15) is 9.59 Å². The maximum Gasteiger partial charge on any atom is 0.303 e. The van der Waals surface area contributed by atoms with E-state index in [2.05, 4.69) is 0 Å². The van der Waals surface area contributed by atoms with Crippen molar-refractivity contribution in [1.82, 2.24) is 0 Å². The molecule has 1 aliphatic rings. The number of carbonyl (C=O) groups excluding carboxylic acids is 1. The Balaban J connectivity index is 2.21. The van der Waals surface area contributed by atoms with Crippen molar-refractivity contribution in [3.8, 4) is 0 Å². The molecule has 0 unspecified atom stereocenters. The molecule has 0 saturated heterocycles. The lowest BCUT2D eigenvalue weighted by molar-refractivity contribution is -0.138. The minimum Gasteiger partial charge on any atom is -0.481 e. The summed E-state index contributed by atoms with van der Waals surface area (Å²) in [7, 11) is 0. The molecular formula is C13H16N2O3. The molecule has 0 bridgehead atoms. The number of nitrogens with two attached hydrogens (primary N) is 1. The fraction of sp³-hybridized carbons (Fsp3) is 0.385. The summed E-state index contributed by atoms with van der Waals surface area (Å²) in [6.07, 6.45) is 0.651. The monoisotopic (exact) mass is 248 g/mol. The van der Waals surface area contributed by atoms with Gasteiger partial charge in [0.2, 0.25) is 5.91 Å². The highest BCUT2D eigenvalue weighted by Crippen LogP contribution is 2.35. The molecule has 0 aromatic heterocycles. The van der Waals surface area contributed by atoms with Gasteiger partial charge < -0.3 is 15.7 Å². The molecule has 96 valence electrons. The third kappa shape index (κ3) is 2.30. The zero-order valence-electron chi connectivity index (χ0n) is 10.3. The van der Waals surface area contributed by atoms with Crippen LogP contribution in [0.25, 0.3) is 0 Å². The van der Waals surface area contributed by atoms with Crippen LogP contribution in [0.2, 0.25) is 0 Å². The van der Waals surface area contributed by atoms with Crippen molar-refractivity contribution >= 4 is 23.3 Å². The number of anilines is 2. The minimum absolute atomic E-state index is 0.0160. The third-order valence-electron chi connectivity index (χ3n) is 3.09. The van der Waals surface area contributed by atoms with Crippen LogP contribution in [0.1, 0.15) is 24.0 Å². The Bertz CT molecular complexity index is 511. The Kier molecular flexibility index (Phi) is 3.23. The number of fused-ring (bicyclic) bond motifs is 1. The molecule has 1 aromatic carbocycles. The minimum atomic E-state index is -0.959. The number of aliphatic carboxylic acids is 1. The number of nitrogens with zero attached hydrogens (tertiary/aromatic N) is 1. The van der Waals surface area contributed by atoms with Gasteiger partial charge in [-0.3, -0.25) is 9.59 Å². The van der Waals surface area contributed by atoms with Crippen LogP contribution in [0.15, 0.2) is 12.1 Å². The van der Waals surface area contributed by atoms with E-state index < -0.39 is 5.97 Å². The molecule has 0 saturated carbocycles. The third-order valence-corrected chi connectivity index (χ3v) is 3.09. The molecule has 0 atom stereocenters. The zero-order chi connectivity index (χ0) is 13.3. The molecule has 0 fully saturated rings. The Labute approximate surface area is 105 Å². The smallest absolute Gasteiger partial charge is 0.303 e. The van der Waals surface area contributed by atoms with Gasteiger partial charge in [0.1, 0.15) is 0 Å². The second-order valence-electron chi connectivity index (χ2n) is 4.55. The fourth-order valence-corrected chi connectivity index (χ4v) is 2.35. The van der Waals surface area contributed by atoms with E-state index in [1.807, 2.05) is 19.1 Å². The highest BCUT2D eigenvalue weighted by atomic mass is 16.4. The highest BCUT2D eigenvalue weighted by molar-refractivity contribution is 5.99. The van der Waals surface area contributed by atoms with Crippen LogP contribution in [-0.4, -0.2) is 23.5 Å². The normalized spacial score (nSPS) is 13.5. The van der Waals surface area contributed by atoms with E-state index in [4.69, 9.17) is 10.8 Å². The number of carboxylic acids is 1. The molecule has 2 rings (SSSR count). The van der Waals surface area contributed by atoms with Crippen LogP contribution < -0.4 is 10.6 Å². The number of carboxylic acid groups (broad SMARTS) is 1. The number of nitrogen functional groups attached to an aromatic ring is 1. The fourth-order valence-electron chi connectivity index (χ4n) is 2.35. The van der Waals surface area contributed by atoms with Crippen molar-refractivity contribution in [2.45, 2.75) is 26.2 Å². The summed E-state index contributed by atoms with van der Waals surface area (Å²) in [6.45, 7) is 2.55. The van der Waals surface area contributed by atoms with Crippen molar-refractivity contribution in [3.05, 3.63) is 23.3 Å². The summed E-state index contributed by atoms with van der Waals surface area (Å²) in [6, 6.07) is 3.86. The van der Waals surface area contributed by atoms with Gasteiger partial charge in [0.05, 0.1) is 17.8 Å². The molecule has 0 radical (unpaired) electrons. The first-order chi connectivity index (χ1) is 8.49. The molecule has 1 amide bonds. The molecule has 1 aliphatic heterocycles. The summed E-state index contributed by atoms with van der Waals surface area (Å²) >= 11 is 0. The predicted octanol–water partition coefficient (Wildman–Crippen LogP) is 1.33. The maximum atomic E-state index is 12.0. The lowest BCUT2D eigenvalue weighted by Crippen LogP contribution is -2.29. The first-order valence-electron chi connectivity index (χ1n) is 5.90. The Hall–Kier alpha value is -2.04. The van der Waals surface area contributed by atoms with Crippen molar-refractivity contribution in [2.75, 3.05) is 17.2 Å². The van der Waals surface area contributed by atoms with Crippen LogP contribution in [0, 0.1) is 6.92 Å². The standard InChI is InChI=1S/C13H16N2O3/c1-8-6-9-4-5-15(13(9)10(14)7-8)11(16)2-3-12(17)18/h6-7H,2-5,14H2,1H3,(H,17,18). The molecule has 5 heteroatoms. The first kappa shape index (κ1) is 12.4. The molecule has 1 aromatic rings. The summed E-state index contributed by atoms with van der Waals surface area (Å²) < 4.78 is 0. The van der Waals surface area contributed by atoms with E-state index in [0.29, 0.717) is 12.2 Å². The molecule has 3 N–H and O–H groups in total. The van der Waals surface area contributed by atoms with Gasteiger partial charge in [-0.25, -0.2) is 0 Å². The number of carbonyl (C=O) groups is 2. The van der Waals surface area contributed by atoms with Crippen LogP contribution >= 0.6 is 0 Å². The topological polar surface area (TPSA) is 83.6 Å². The van der Waals surface area contributed by atoms with E-state index in [-0.39, 0.29) is 18.7 Å². The molecule has 18 heavy (non-hydrogen) atoms.